The number of rotatable bonds is 7. The Morgan fingerprint density at radius 1 is 0.886 bits per heavy atom. The molecule has 0 spiro atoms. The summed E-state index contributed by atoms with van der Waals surface area (Å²) in [7, 11) is -2.23. The third-order valence-electron chi connectivity index (χ3n) is 8.38. The summed E-state index contributed by atoms with van der Waals surface area (Å²) in [6.07, 6.45) is 1.93. The van der Waals surface area contributed by atoms with Crippen LogP contribution in [0.4, 0.5) is 5.69 Å². The molecule has 4 aromatic carbocycles. The highest BCUT2D eigenvalue weighted by atomic mass is 35.5. The van der Waals surface area contributed by atoms with E-state index in [0.717, 1.165) is 76.9 Å². The minimum atomic E-state index is -3.80. The van der Waals surface area contributed by atoms with Crippen LogP contribution >= 0.6 is 11.6 Å². The summed E-state index contributed by atoms with van der Waals surface area (Å²) in [6, 6.07) is 31.0. The number of halogens is 1. The van der Waals surface area contributed by atoms with E-state index in [1.54, 1.807) is 19.2 Å². The van der Waals surface area contributed by atoms with Crippen LogP contribution in [0.2, 0.25) is 5.02 Å². The number of pyridine rings is 1. The van der Waals surface area contributed by atoms with Gasteiger partial charge in [0.05, 0.1) is 10.6 Å². The quantitative estimate of drug-likeness (QED) is 0.202. The molecule has 7 nitrogen and oxygen atoms in total. The summed E-state index contributed by atoms with van der Waals surface area (Å²) in [5.74, 6) is 0. The molecule has 2 N–H and O–H groups in total. The van der Waals surface area contributed by atoms with Crippen molar-refractivity contribution in [1.29, 1.82) is 0 Å². The van der Waals surface area contributed by atoms with Crippen LogP contribution < -0.4 is 9.62 Å². The number of aromatic nitrogens is 2. The van der Waals surface area contributed by atoms with Crippen molar-refractivity contribution in [3.05, 3.63) is 114 Å². The molecule has 0 radical (unpaired) electrons. The molecule has 3 heterocycles. The van der Waals surface area contributed by atoms with Crippen molar-refractivity contribution in [2.24, 2.45) is 0 Å². The van der Waals surface area contributed by atoms with Crippen LogP contribution in [0.1, 0.15) is 5.56 Å². The second-order valence-electron chi connectivity index (χ2n) is 11.1. The molecule has 44 heavy (non-hydrogen) atoms. The van der Waals surface area contributed by atoms with Crippen LogP contribution in [0.5, 0.6) is 0 Å². The Morgan fingerprint density at radius 2 is 1.61 bits per heavy atom. The maximum atomic E-state index is 13.5. The second-order valence-corrected chi connectivity index (χ2v) is 13.5. The van der Waals surface area contributed by atoms with Crippen LogP contribution in [-0.4, -0.2) is 56.5 Å². The predicted molar refractivity (Wildman–Crippen MR) is 180 cm³/mol. The maximum absolute atomic E-state index is 13.5. The van der Waals surface area contributed by atoms with Crippen molar-refractivity contribution in [3.8, 4) is 22.3 Å². The van der Waals surface area contributed by atoms with Crippen LogP contribution in [0.15, 0.2) is 108 Å². The number of nitrogens with one attached hydrogen (secondary N) is 2. The number of hydrogen-bond donors (Lipinski definition) is 2. The zero-order valence-electron chi connectivity index (χ0n) is 24.3. The summed E-state index contributed by atoms with van der Waals surface area (Å²) in [5.41, 5.74) is 7.68. The third kappa shape index (κ3) is 5.35. The Labute approximate surface area is 262 Å². The van der Waals surface area contributed by atoms with Crippen LogP contribution in [0, 0.1) is 0 Å². The monoisotopic (exact) mass is 621 g/mol. The van der Waals surface area contributed by atoms with Crippen molar-refractivity contribution >= 4 is 49.2 Å². The summed E-state index contributed by atoms with van der Waals surface area (Å²) >= 11 is 6.01. The van der Waals surface area contributed by atoms with Gasteiger partial charge < -0.3 is 10.3 Å². The zero-order chi connectivity index (χ0) is 30.3. The molecule has 9 heteroatoms. The van der Waals surface area contributed by atoms with Gasteiger partial charge in [-0.3, -0.25) is 9.21 Å². The van der Waals surface area contributed by atoms with Crippen LogP contribution in [0.25, 0.3) is 44.2 Å². The Hall–Kier alpha value is -4.21. The molecule has 0 bridgehead atoms. The molecule has 0 atom stereocenters. The van der Waals surface area contributed by atoms with E-state index in [4.69, 9.17) is 16.6 Å². The Kier molecular flexibility index (Phi) is 7.60. The first kappa shape index (κ1) is 28.6. The van der Waals surface area contributed by atoms with Gasteiger partial charge in [-0.15, -0.1) is 0 Å². The van der Waals surface area contributed by atoms with E-state index < -0.39 is 10.0 Å². The first-order valence-corrected chi connectivity index (χ1v) is 16.5. The number of benzene rings is 4. The van der Waals surface area contributed by atoms with Gasteiger partial charge in [0.1, 0.15) is 5.65 Å². The first-order valence-electron chi connectivity index (χ1n) is 14.7. The Bertz CT molecular complexity index is 2060. The van der Waals surface area contributed by atoms with E-state index in [0.29, 0.717) is 10.7 Å². The summed E-state index contributed by atoms with van der Waals surface area (Å²) in [5, 5.41) is 5.75. The normalized spacial score (nSPS) is 14.3. The van der Waals surface area contributed by atoms with Crippen molar-refractivity contribution < 1.29 is 8.42 Å². The molecule has 0 unspecified atom stereocenters. The molecule has 1 aliphatic heterocycles. The number of aromatic amines is 1. The fraction of sp³-hybridized carbons (Fsp3) is 0.171. The molecule has 6 aromatic rings. The Balaban J connectivity index is 1.35. The van der Waals surface area contributed by atoms with Crippen molar-refractivity contribution in [1.82, 2.24) is 20.2 Å². The van der Waals surface area contributed by atoms with E-state index >= 15 is 0 Å². The molecule has 1 saturated heterocycles. The van der Waals surface area contributed by atoms with Crippen molar-refractivity contribution in [3.63, 3.8) is 0 Å². The third-order valence-corrected chi connectivity index (χ3v) is 10.4. The lowest BCUT2D eigenvalue weighted by molar-refractivity contribution is 0.233. The zero-order valence-corrected chi connectivity index (χ0v) is 25.9. The van der Waals surface area contributed by atoms with Gasteiger partial charge in [-0.25, -0.2) is 13.4 Å². The minimum absolute atomic E-state index is 0.178. The number of piperazine rings is 1. The van der Waals surface area contributed by atoms with Gasteiger partial charge in [0.15, 0.2) is 0 Å². The number of H-pyrrole nitrogens is 1. The smallest absolute Gasteiger partial charge is 0.264 e. The highest BCUT2D eigenvalue weighted by molar-refractivity contribution is 7.92. The lowest BCUT2D eigenvalue weighted by atomic mass is 9.92. The van der Waals surface area contributed by atoms with Gasteiger partial charge in [0, 0.05) is 78.4 Å². The summed E-state index contributed by atoms with van der Waals surface area (Å²) in [4.78, 5) is 11.0. The second kappa shape index (κ2) is 11.7. The molecule has 2 aromatic heterocycles. The molecule has 0 aliphatic carbocycles. The first-order chi connectivity index (χ1) is 21.4. The van der Waals surface area contributed by atoms with Gasteiger partial charge >= 0.3 is 0 Å². The molecular weight excluding hydrogens is 590 g/mol. The van der Waals surface area contributed by atoms with Gasteiger partial charge in [-0.05, 0) is 59.2 Å². The molecule has 222 valence electrons. The van der Waals surface area contributed by atoms with E-state index in [1.807, 2.05) is 42.6 Å². The summed E-state index contributed by atoms with van der Waals surface area (Å²) < 4.78 is 28.3. The number of nitrogens with zero attached hydrogens (tertiary/aromatic N) is 3. The highest BCUT2D eigenvalue weighted by Crippen LogP contribution is 2.41. The fourth-order valence-electron chi connectivity index (χ4n) is 5.98. The largest absolute Gasteiger partial charge is 0.339 e. The van der Waals surface area contributed by atoms with E-state index in [-0.39, 0.29) is 4.90 Å². The highest BCUT2D eigenvalue weighted by Gasteiger charge is 2.23. The molecular formula is C35H32ClN5O2S. The van der Waals surface area contributed by atoms with Gasteiger partial charge in [0.2, 0.25) is 0 Å². The lowest BCUT2D eigenvalue weighted by Crippen LogP contribution is -2.42. The lowest BCUT2D eigenvalue weighted by Gasteiger charge is -2.27. The average molecular weight is 622 g/mol. The number of hydrogen-bond acceptors (Lipinski definition) is 5. The standard InChI is InChI=1S/C35H32ClN5O2S/c1-40(44(42,43)29-14-11-27(36)12-15-29)28-13-16-32-30(21-28)34-33(26-5-3-2-4-6-26)31(22-38-35(34)39-32)25-9-7-24(8-10-25)23-41-19-17-37-18-20-41/h2-16,21-22,37H,17-20,23H2,1H3,(H,38,39). The van der Waals surface area contributed by atoms with E-state index in [9.17, 15) is 8.42 Å². The average Bonchev–Trinajstić information content (AvgIpc) is 3.43. The van der Waals surface area contributed by atoms with Gasteiger partial charge in [-0.2, -0.15) is 0 Å². The SMILES string of the molecule is CN(c1ccc2[nH]c3ncc(-c4ccc(CN5CCNCC5)cc4)c(-c4ccccc4)c3c2c1)S(=O)(=O)c1ccc(Cl)cc1. The molecule has 1 aliphatic rings. The van der Waals surface area contributed by atoms with Gasteiger partial charge in [-0.1, -0.05) is 66.2 Å². The number of sulfonamides is 1. The van der Waals surface area contributed by atoms with Crippen molar-refractivity contribution in [2.45, 2.75) is 11.4 Å². The molecule has 1 fully saturated rings. The summed E-state index contributed by atoms with van der Waals surface area (Å²) in [6.45, 7) is 5.10. The number of fused-ring (bicyclic) bond motifs is 3. The molecule has 0 saturated carbocycles. The molecule has 0 amide bonds. The fourth-order valence-corrected chi connectivity index (χ4v) is 7.30. The van der Waals surface area contributed by atoms with Gasteiger partial charge in [0.25, 0.3) is 10.0 Å². The van der Waals surface area contributed by atoms with E-state index in [1.165, 1.54) is 22.0 Å². The van der Waals surface area contributed by atoms with Crippen LogP contribution in [0.3, 0.4) is 0 Å². The number of anilines is 1. The van der Waals surface area contributed by atoms with Crippen molar-refractivity contribution in [2.75, 3.05) is 37.5 Å². The minimum Gasteiger partial charge on any atom is -0.339 e. The maximum Gasteiger partial charge on any atom is 0.264 e. The van der Waals surface area contributed by atoms with E-state index in [2.05, 4.69) is 51.6 Å². The Morgan fingerprint density at radius 3 is 2.34 bits per heavy atom. The molecule has 7 rings (SSSR count). The predicted octanol–water partition coefficient (Wildman–Crippen LogP) is 6.93. The van der Waals surface area contributed by atoms with Crippen LogP contribution in [-0.2, 0) is 16.6 Å². The topological polar surface area (TPSA) is 81.3 Å².